The van der Waals surface area contributed by atoms with Crippen LogP contribution in [0.2, 0.25) is 5.02 Å². The van der Waals surface area contributed by atoms with E-state index < -0.39 is 0 Å². The molecule has 0 saturated carbocycles. The SMILES string of the molecule is COc1c(NN)ncnc1OCc1ccccc1Cl. The Bertz CT molecular complexity index is 565. The second-order valence-corrected chi connectivity index (χ2v) is 3.99. The monoisotopic (exact) mass is 280 g/mol. The molecule has 0 atom stereocenters. The summed E-state index contributed by atoms with van der Waals surface area (Å²) < 4.78 is 10.7. The Morgan fingerprint density at radius 1 is 1.32 bits per heavy atom. The first-order chi connectivity index (χ1) is 9.26. The minimum atomic E-state index is 0.275. The van der Waals surface area contributed by atoms with Crippen molar-refractivity contribution in [3.63, 3.8) is 0 Å². The maximum atomic E-state index is 6.05. The number of halogens is 1. The molecule has 0 aliphatic carbocycles. The van der Waals surface area contributed by atoms with Gasteiger partial charge in [0.15, 0.2) is 5.82 Å². The van der Waals surface area contributed by atoms with Crippen LogP contribution in [-0.4, -0.2) is 17.1 Å². The van der Waals surface area contributed by atoms with Crippen molar-refractivity contribution in [1.29, 1.82) is 0 Å². The summed E-state index contributed by atoms with van der Waals surface area (Å²) >= 11 is 6.05. The fourth-order valence-electron chi connectivity index (χ4n) is 1.51. The van der Waals surface area contributed by atoms with Gasteiger partial charge in [-0.2, -0.15) is 4.98 Å². The van der Waals surface area contributed by atoms with E-state index >= 15 is 0 Å². The van der Waals surface area contributed by atoms with Crippen LogP contribution >= 0.6 is 11.6 Å². The number of hydrogen-bond donors (Lipinski definition) is 2. The summed E-state index contributed by atoms with van der Waals surface area (Å²) in [7, 11) is 1.49. The molecule has 2 rings (SSSR count). The van der Waals surface area contributed by atoms with Crippen LogP contribution in [0.1, 0.15) is 5.56 Å². The number of rotatable bonds is 5. The molecule has 100 valence electrons. The number of hydrazine groups is 1. The molecular weight excluding hydrogens is 268 g/mol. The topological polar surface area (TPSA) is 82.3 Å². The van der Waals surface area contributed by atoms with Crippen LogP contribution in [0.25, 0.3) is 0 Å². The van der Waals surface area contributed by atoms with Crippen molar-refractivity contribution in [2.45, 2.75) is 6.61 Å². The van der Waals surface area contributed by atoms with E-state index in [0.717, 1.165) is 5.56 Å². The highest BCUT2D eigenvalue weighted by Crippen LogP contribution is 2.31. The van der Waals surface area contributed by atoms with Crippen LogP contribution in [0.3, 0.4) is 0 Å². The maximum Gasteiger partial charge on any atom is 0.262 e. The Balaban J connectivity index is 2.18. The zero-order valence-electron chi connectivity index (χ0n) is 10.3. The van der Waals surface area contributed by atoms with Crippen LogP contribution < -0.4 is 20.7 Å². The van der Waals surface area contributed by atoms with E-state index in [0.29, 0.717) is 22.5 Å². The molecule has 0 unspecified atom stereocenters. The molecule has 0 radical (unpaired) electrons. The average Bonchev–Trinajstić information content (AvgIpc) is 2.45. The first-order valence-corrected chi connectivity index (χ1v) is 5.86. The van der Waals surface area contributed by atoms with Gasteiger partial charge in [0.1, 0.15) is 12.9 Å². The van der Waals surface area contributed by atoms with Gasteiger partial charge in [-0.05, 0) is 6.07 Å². The summed E-state index contributed by atoms with van der Waals surface area (Å²) in [4.78, 5) is 7.93. The number of nitrogens with zero attached hydrogens (tertiary/aromatic N) is 2. The molecule has 6 nitrogen and oxygen atoms in total. The van der Waals surface area contributed by atoms with Gasteiger partial charge >= 0.3 is 0 Å². The fraction of sp³-hybridized carbons (Fsp3) is 0.167. The molecule has 0 spiro atoms. The number of methoxy groups -OCH3 is 1. The van der Waals surface area contributed by atoms with Crippen molar-refractivity contribution in [3.8, 4) is 11.6 Å². The van der Waals surface area contributed by atoms with Crippen molar-refractivity contribution in [1.82, 2.24) is 9.97 Å². The minimum absolute atomic E-state index is 0.275. The van der Waals surface area contributed by atoms with Crippen LogP contribution in [-0.2, 0) is 6.61 Å². The van der Waals surface area contributed by atoms with Gasteiger partial charge in [0.25, 0.3) is 5.88 Å². The molecule has 0 amide bonds. The molecule has 1 heterocycles. The summed E-state index contributed by atoms with van der Waals surface area (Å²) in [6, 6.07) is 7.41. The lowest BCUT2D eigenvalue weighted by Crippen LogP contribution is -2.11. The highest BCUT2D eigenvalue weighted by atomic mass is 35.5. The van der Waals surface area contributed by atoms with Gasteiger partial charge in [0.05, 0.1) is 7.11 Å². The van der Waals surface area contributed by atoms with Gasteiger partial charge in [-0.1, -0.05) is 29.8 Å². The summed E-state index contributed by atoms with van der Waals surface area (Å²) in [6.07, 6.45) is 1.33. The van der Waals surface area contributed by atoms with E-state index in [-0.39, 0.29) is 6.61 Å². The zero-order chi connectivity index (χ0) is 13.7. The van der Waals surface area contributed by atoms with Gasteiger partial charge in [0.2, 0.25) is 5.75 Å². The lowest BCUT2D eigenvalue weighted by atomic mass is 10.2. The number of nitrogens with one attached hydrogen (secondary N) is 1. The number of nitrogens with two attached hydrogens (primary N) is 1. The normalized spacial score (nSPS) is 10.1. The third-order valence-electron chi connectivity index (χ3n) is 2.43. The minimum Gasteiger partial charge on any atom is -0.489 e. The van der Waals surface area contributed by atoms with Gasteiger partial charge in [-0.15, -0.1) is 0 Å². The molecule has 0 fully saturated rings. The lowest BCUT2D eigenvalue weighted by molar-refractivity contribution is 0.272. The molecular formula is C12H13ClN4O2. The molecule has 0 aliphatic rings. The van der Waals surface area contributed by atoms with E-state index in [4.69, 9.17) is 26.9 Å². The Hall–Kier alpha value is -2.05. The summed E-state index contributed by atoms with van der Waals surface area (Å²) in [5, 5.41) is 0.632. The van der Waals surface area contributed by atoms with Crippen LogP contribution in [0.5, 0.6) is 11.6 Å². The smallest absolute Gasteiger partial charge is 0.262 e. The van der Waals surface area contributed by atoms with Crippen LogP contribution in [0.4, 0.5) is 5.82 Å². The number of benzene rings is 1. The van der Waals surface area contributed by atoms with Gasteiger partial charge in [-0.3, -0.25) is 0 Å². The summed E-state index contributed by atoms with van der Waals surface area (Å²) in [6.45, 7) is 0.275. The third-order valence-corrected chi connectivity index (χ3v) is 2.80. The lowest BCUT2D eigenvalue weighted by Gasteiger charge is -2.12. The maximum absolute atomic E-state index is 6.05. The number of hydrogen-bond acceptors (Lipinski definition) is 6. The third kappa shape index (κ3) is 3.04. The summed E-state index contributed by atoms with van der Waals surface area (Å²) in [5.41, 5.74) is 3.27. The van der Waals surface area contributed by atoms with E-state index in [2.05, 4.69) is 15.4 Å². The molecule has 0 aliphatic heterocycles. The molecule has 7 heteroatoms. The summed E-state index contributed by atoms with van der Waals surface area (Å²) in [5.74, 6) is 6.32. The van der Waals surface area contributed by atoms with E-state index in [1.54, 1.807) is 6.07 Å². The standard InChI is InChI=1S/C12H13ClN4O2/c1-18-10-11(17-14)15-7-16-12(10)19-6-8-4-2-3-5-9(8)13/h2-5,7H,6,14H2,1H3,(H,15,16,17). The predicted molar refractivity (Wildman–Crippen MR) is 72.2 cm³/mol. The first kappa shape index (κ1) is 13.4. The van der Waals surface area contributed by atoms with Crippen molar-refractivity contribution in [3.05, 3.63) is 41.2 Å². The largest absolute Gasteiger partial charge is 0.489 e. The zero-order valence-corrected chi connectivity index (χ0v) is 11.0. The van der Waals surface area contributed by atoms with E-state index in [9.17, 15) is 0 Å². The number of aromatic nitrogens is 2. The van der Waals surface area contributed by atoms with Crippen molar-refractivity contribution >= 4 is 17.4 Å². The van der Waals surface area contributed by atoms with Gasteiger partial charge in [-0.25, -0.2) is 10.8 Å². The molecule has 0 bridgehead atoms. The van der Waals surface area contributed by atoms with E-state index in [1.165, 1.54) is 13.4 Å². The number of anilines is 1. The van der Waals surface area contributed by atoms with Crippen molar-refractivity contribution in [2.75, 3.05) is 12.5 Å². The Kier molecular flexibility index (Phi) is 4.38. The molecule has 2 aromatic rings. The first-order valence-electron chi connectivity index (χ1n) is 5.48. The van der Waals surface area contributed by atoms with Crippen molar-refractivity contribution in [2.24, 2.45) is 5.84 Å². The second-order valence-electron chi connectivity index (χ2n) is 3.59. The Morgan fingerprint density at radius 3 is 2.79 bits per heavy atom. The Labute approximate surface area is 115 Å². The molecule has 0 saturated heterocycles. The second kappa shape index (κ2) is 6.21. The van der Waals surface area contributed by atoms with E-state index in [1.807, 2.05) is 18.2 Å². The molecule has 1 aromatic carbocycles. The Morgan fingerprint density at radius 2 is 2.11 bits per heavy atom. The van der Waals surface area contributed by atoms with Crippen LogP contribution in [0.15, 0.2) is 30.6 Å². The van der Waals surface area contributed by atoms with Gasteiger partial charge < -0.3 is 14.9 Å². The molecule has 3 N–H and O–H groups in total. The quantitative estimate of drug-likeness (QED) is 0.644. The van der Waals surface area contributed by atoms with Crippen LogP contribution in [0, 0.1) is 0 Å². The van der Waals surface area contributed by atoms with Gasteiger partial charge in [0, 0.05) is 10.6 Å². The average molecular weight is 281 g/mol. The van der Waals surface area contributed by atoms with Crippen molar-refractivity contribution < 1.29 is 9.47 Å². The number of ether oxygens (including phenoxy) is 2. The molecule has 19 heavy (non-hydrogen) atoms. The fourth-order valence-corrected chi connectivity index (χ4v) is 1.70. The predicted octanol–water partition coefficient (Wildman–Crippen LogP) is 2.00. The molecule has 1 aromatic heterocycles. The highest BCUT2D eigenvalue weighted by Gasteiger charge is 2.13. The highest BCUT2D eigenvalue weighted by molar-refractivity contribution is 6.31. The number of nitrogen functional groups attached to an aromatic ring is 1.